The van der Waals surface area contributed by atoms with Gasteiger partial charge in [0.2, 0.25) is 0 Å². The largest absolute Gasteiger partial charge is 0.386 e. The van der Waals surface area contributed by atoms with Crippen molar-refractivity contribution in [3.05, 3.63) is 57.2 Å². The molecule has 5 nitrogen and oxygen atoms in total. The molecule has 3 atom stereocenters. The van der Waals surface area contributed by atoms with Gasteiger partial charge in [-0.05, 0) is 68.4 Å². The second-order valence-electron chi connectivity index (χ2n) is 7.51. The number of hydrogen-bond donors (Lipinski definition) is 3. The molecule has 0 saturated carbocycles. The van der Waals surface area contributed by atoms with Gasteiger partial charge in [-0.15, -0.1) is 11.3 Å². The molecule has 0 aliphatic carbocycles. The van der Waals surface area contributed by atoms with Crippen molar-refractivity contribution >= 4 is 28.9 Å². The number of piperidine rings is 1. The molecule has 1 aromatic heterocycles. The molecular formula is C22H31ClN4OS. The third kappa shape index (κ3) is 6.19. The molecule has 0 radical (unpaired) electrons. The molecule has 1 saturated heterocycles. The van der Waals surface area contributed by atoms with Crippen LogP contribution in [0.2, 0.25) is 5.02 Å². The van der Waals surface area contributed by atoms with Gasteiger partial charge in [-0.1, -0.05) is 29.8 Å². The summed E-state index contributed by atoms with van der Waals surface area (Å²) in [5, 5.41) is 20.1. The number of aliphatic hydroxyl groups is 1. The minimum absolute atomic E-state index is 0.301. The number of nitrogens with zero attached hydrogens (tertiary/aromatic N) is 2. The zero-order valence-electron chi connectivity index (χ0n) is 17.1. The van der Waals surface area contributed by atoms with Crippen molar-refractivity contribution in [1.29, 1.82) is 0 Å². The highest BCUT2D eigenvalue weighted by atomic mass is 35.5. The maximum atomic E-state index is 10.4. The molecule has 0 spiro atoms. The van der Waals surface area contributed by atoms with E-state index in [0.29, 0.717) is 23.5 Å². The number of thiophene rings is 1. The van der Waals surface area contributed by atoms with Crippen LogP contribution in [0.1, 0.15) is 42.4 Å². The quantitative estimate of drug-likeness (QED) is 0.454. The van der Waals surface area contributed by atoms with E-state index < -0.39 is 6.10 Å². The van der Waals surface area contributed by atoms with Crippen LogP contribution >= 0.6 is 22.9 Å². The van der Waals surface area contributed by atoms with Gasteiger partial charge < -0.3 is 15.7 Å². The minimum Gasteiger partial charge on any atom is -0.386 e. The SMILES string of the molecule is CCNC(=NCC(O)c1ccc(Cl)cc1)NCC1CCCN(C)C1c1cccs1. The fourth-order valence-corrected chi connectivity index (χ4v) is 5.03. The second-order valence-corrected chi connectivity index (χ2v) is 8.93. The normalized spacial score (nSPS) is 21.7. The lowest BCUT2D eigenvalue weighted by Crippen LogP contribution is -2.45. The number of halogens is 1. The van der Waals surface area contributed by atoms with E-state index in [1.807, 2.05) is 23.5 Å². The van der Waals surface area contributed by atoms with E-state index >= 15 is 0 Å². The molecule has 1 aliphatic rings. The van der Waals surface area contributed by atoms with Crippen LogP contribution < -0.4 is 10.6 Å². The number of aliphatic imine (C=N–C) groups is 1. The Labute approximate surface area is 182 Å². The summed E-state index contributed by atoms with van der Waals surface area (Å²) in [5.41, 5.74) is 0.820. The predicted octanol–water partition coefficient (Wildman–Crippen LogP) is 4.07. The number of nitrogens with one attached hydrogen (secondary N) is 2. The van der Waals surface area contributed by atoms with E-state index in [2.05, 4.69) is 52.0 Å². The van der Waals surface area contributed by atoms with E-state index in [1.54, 1.807) is 12.1 Å². The molecule has 1 aromatic carbocycles. The standard InChI is InChI=1S/C22H31ClN4OS/c1-3-24-22(26-15-19(28)16-8-10-18(23)11-9-16)25-14-17-6-4-12-27(2)21(17)20-7-5-13-29-20/h5,7-11,13,17,19,21,28H,3-4,6,12,14-15H2,1-2H3,(H2,24,25,26). The molecule has 1 fully saturated rings. The summed E-state index contributed by atoms with van der Waals surface area (Å²) in [5.74, 6) is 1.27. The van der Waals surface area contributed by atoms with Gasteiger partial charge in [-0.25, -0.2) is 0 Å². The molecule has 2 heterocycles. The lowest BCUT2D eigenvalue weighted by Gasteiger charge is -2.39. The zero-order valence-corrected chi connectivity index (χ0v) is 18.7. The van der Waals surface area contributed by atoms with Crippen molar-refractivity contribution in [2.24, 2.45) is 10.9 Å². The Morgan fingerprint density at radius 2 is 2.10 bits per heavy atom. The molecule has 2 aromatic rings. The molecule has 0 amide bonds. The van der Waals surface area contributed by atoms with Crippen LogP contribution in [0.3, 0.4) is 0 Å². The number of benzene rings is 1. The Balaban J connectivity index is 1.61. The Bertz CT molecular complexity index is 766. The van der Waals surface area contributed by atoms with Crippen molar-refractivity contribution in [3.8, 4) is 0 Å². The first-order chi connectivity index (χ1) is 14.1. The molecule has 3 unspecified atom stereocenters. The fraction of sp³-hybridized carbons (Fsp3) is 0.500. The molecule has 0 bridgehead atoms. The topological polar surface area (TPSA) is 59.9 Å². The van der Waals surface area contributed by atoms with Crippen molar-refractivity contribution in [3.63, 3.8) is 0 Å². The van der Waals surface area contributed by atoms with E-state index in [-0.39, 0.29) is 0 Å². The van der Waals surface area contributed by atoms with E-state index in [0.717, 1.165) is 31.2 Å². The molecule has 3 N–H and O–H groups in total. The van der Waals surface area contributed by atoms with Crippen LogP contribution in [0.4, 0.5) is 0 Å². The Hall–Kier alpha value is -1.60. The van der Waals surface area contributed by atoms with Gasteiger partial charge in [0.05, 0.1) is 12.6 Å². The van der Waals surface area contributed by atoms with Gasteiger partial charge in [0, 0.05) is 29.0 Å². The number of aliphatic hydroxyl groups excluding tert-OH is 1. The van der Waals surface area contributed by atoms with Gasteiger partial charge in [-0.3, -0.25) is 9.89 Å². The number of rotatable bonds is 7. The van der Waals surface area contributed by atoms with Gasteiger partial charge in [-0.2, -0.15) is 0 Å². The molecule has 7 heteroatoms. The van der Waals surface area contributed by atoms with Crippen molar-refractivity contribution in [2.75, 3.05) is 33.2 Å². The number of hydrogen-bond acceptors (Lipinski definition) is 4. The fourth-order valence-electron chi connectivity index (χ4n) is 3.92. The first-order valence-corrected chi connectivity index (χ1v) is 11.5. The summed E-state index contributed by atoms with van der Waals surface area (Å²) in [4.78, 5) is 8.50. The second kappa shape index (κ2) is 11.0. The van der Waals surface area contributed by atoms with Crippen LogP contribution in [0, 0.1) is 5.92 Å². The summed E-state index contributed by atoms with van der Waals surface area (Å²) in [6.07, 6.45) is 1.77. The first kappa shape index (κ1) is 22.1. The van der Waals surface area contributed by atoms with Gasteiger partial charge >= 0.3 is 0 Å². The van der Waals surface area contributed by atoms with Crippen LogP contribution in [0.5, 0.6) is 0 Å². The summed E-state index contributed by atoms with van der Waals surface area (Å²) in [6.45, 7) is 5.13. The van der Waals surface area contributed by atoms with E-state index in [9.17, 15) is 5.11 Å². The summed E-state index contributed by atoms with van der Waals surface area (Å²) in [6, 6.07) is 12.1. The Morgan fingerprint density at radius 1 is 1.31 bits per heavy atom. The summed E-state index contributed by atoms with van der Waals surface area (Å²) in [7, 11) is 2.22. The van der Waals surface area contributed by atoms with Crippen LogP contribution in [0.15, 0.2) is 46.8 Å². The average Bonchev–Trinajstić information content (AvgIpc) is 3.24. The lowest BCUT2D eigenvalue weighted by atomic mass is 9.88. The molecular weight excluding hydrogens is 404 g/mol. The van der Waals surface area contributed by atoms with E-state index in [4.69, 9.17) is 11.6 Å². The maximum absolute atomic E-state index is 10.4. The molecule has 1 aliphatic heterocycles. The molecule has 3 rings (SSSR count). The van der Waals surface area contributed by atoms with E-state index in [1.165, 1.54) is 17.7 Å². The monoisotopic (exact) mass is 434 g/mol. The molecule has 158 valence electrons. The highest BCUT2D eigenvalue weighted by Crippen LogP contribution is 2.36. The smallest absolute Gasteiger partial charge is 0.191 e. The molecule has 29 heavy (non-hydrogen) atoms. The van der Waals surface area contributed by atoms with Crippen LogP contribution in [0.25, 0.3) is 0 Å². The van der Waals surface area contributed by atoms with Gasteiger partial charge in [0.1, 0.15) is 0 Å². The third-order valence-electron chi connectivity index (χ3n) is 5.39. The van der Waals surface area contributed by atoms with Crippen molar-refractivity contribution in [2.45, 2.75) is 31.9 Å². The lowest BCUT2D eigenvalue weighted by molar-refractivity contribution is 0.125. The summed E-state index contributed by atoms with van der Waals surface area (Å²) < 4.78 is 0. The van der Waals surface area contributed by atoms with Crippen molar-refractivity contribution < 1.29 is 5.11 Å². The zero-order chi connectivity index (χ0) is 20.6. The Kier molecular flexibility index (Phi) is 8.36. The average molecular weight is 435 g/mol. The first-order valence-electron chi connectivity index (χ1n) is 10.3. The number of guanidine groups is 1. The maximum Gasteiger partial charge on any atom is 0.191 e. The minimum atomic E-state index is -0.651. The van der Waals surface area contributed by atoms with Crippen molar-refractivity contribution in [1.82, 2.24) is 15.5 Å². The highest BCUT2D eigenvalue weighted by molar-refractivity contribution is 7.10. The van der Waals surface area contributed by atoms with Gasteiger partial charge in [0.15, 0.2) is 5.96 Å². The highest BCUT2D eigenvalue weighted by Gasteiger charge is 2.31. The van der Waals surface area contributed by atoms with Crippen LogP contribution in [-0.4, -0.2) is 49.2 Å². The number of likely N-dealkylation sites (tertiary alicyclic amines) is 1. The summed E-state index contributed by atoms with van der Waals surface area (Å²) >= 11 is 7.76. The third-order valence-corrected chi connectivity index (χ3v) is 6.59. The predicted molar refractivity (Wildman–Crippen MR) is 123 cm³/mol. The van der Waals surface area contributed by atoms with Gasteiger partial charge in [0.25, 0.3) is 0 Å². The van der Waals surface area contributed by atoms with Crippen LogP contribution in [-0.2, 0) is 0 Å². The Morgan fingerprint density at radius 3 is 2.79 bits per heavy atom.